The first-order chi connectivity index (χ1) is 9.56. The summed E-state index contributed by atoms with van der Waals surface area (Å²) in [6.07, 6.45) is 1.71. The van der Waals surface area contributed by atoms with Crippen molar-refractivity contribution in [3.05, 3.63) is 52.3 Å². The second kappa shape index (κ2) is 6.56. The molecule has 1 aromatic carbocycles. The Morgan fingerprint density at radius 3 is 2.65 bits per heavy atom. The number of carbonyl (C=O) groups is 1. The maximum absolute atomic E-state index is 11.8. The number of halogens is 1. The average Bonchev–Trinajstić information content (AvgIpc) is 2.82. The third kappa shape index (κ3) is 3.84. The van der Waals surface area contributed by atoms with Crippen LogP contribution in [0.2, 0.25) is 0 Å². The number of amides is 2. The Morgan fingerprint density at radius 1 is 1.35 bits per heavy atom. The molecule has 1 atom stereocenters. The Morgan fingerprint density at radius 2 is 2.05 bits per heavy atom. The van der Waals surface area contributed by atoms with Crippen LogP contribution in [0.1, 0.15) is 24.2 Å². The van der Waals surface area contributed by atoms with Crippen LogP contribution in [0.3, 0.4) is 0 Å². The lowest BCUT2D eigenvalue weighted by atomic mass is 10.1. The number of aryl methyl sites for hydroxylation is 1. The van der Waals surface area contributed by atoms with Crippen LogP contribution in [0.15, 0.2) is 41.0 Å². The van der Waals surface area contributed by atoms with E-state index in [4.69, 9.17) is 0 Å². The molecule has 0 spiro atoms. The van der Waals surface area contributed by atoms with Crippen molar-refractivity contribution in [3.63, 3.8) is 0 Å². The van der Waals surface area contributed by atoms with Crippen LogP contribution in [-0.2, 0) is 13.6 Å². The molecule has 2 amide bonds. The summed E-state index contributed by atoms with van der Waals surface area (Å²) in [4.78, 5) is 11.8. The van der Waals surface area contributed by atoms with Gasteiger partial charge in [0.25, 0.3) is 0 Å². The summed E-state index contributed by atoms with van der Waals surface area (Å²) in [5.41, 5.74) is 2.01. The van der Waals surface area contributed by atoms with Gasteiger partial charge in [-0.15, -0.1) is 0 Å². The second-order valence-electron chi connectivity index (χ2n) is 4.55. The van der Waals surface area contributed by atoms with Crippen molar-refractivity contribution in [1.29, 1.82) is 0 Å². The minimum atomic E-state index is -0.193. The molecule has 106 valence electrons. The van der Waals surface area contributed by atoms with Crippen molar-refractivity contribution >= 4 is 22.0 Å². The van der Waals surface area contributed by atoms with Crippen molar-refractivity contribution in [3.8, 4) is 0 Å². The first kappa shape index (κ1) is 14.6. The molecule has 1 aromatic heterocycles. The molecule has 0 saturated carbocycles. The smallest absolute Gasteiger partial charge is 0.315 e. The second-order valence-corrected chi connectivity index (χ2v) is 5.46. The van der Waals surface area contributed by atoms with Crippen molar-refractivity contribution in [2.45, 2.75) is 19.5 Å². The summed E-state index contributed by atoms with van der Waals surface area (Å²) in [6.45, 7) is 2.41. The fourth-order valence-corrected chi connectivity index (χ4v) is 2.09. The van der Waals surface area contributed by atoms with Gasteiger partial charge >= 0.3 is 6.03 Å². The third-order valence-electron chi connectivity index (χ3n) is 3.07. The zero-order valence-electron chi connectivity index (χ0n) is 11.4. The van der Waals surface area contributed by atoms with Crippen LogP contribution in [0.4, 0.5) is 4.79 Å². The van der Waals surface area contributed by atoms with Crippen LogP contribution in [0, 0.1) is 0 Å². The summed E-state index contributed by atoms with van der Waals surface area (Å²) in [6, 6.07) is 9.52. The predicted octanol–water partition coefficient (Wildman–Crippen LogP) is 2.74. The molecule has 0 aliphatic carbocycles. The van der Waals surface area contributed by atoms with Gasteiger partial charge in [-0.05, 0) is 30.7 Å². The molecule has 2 rings (SSSR count). The molecular formula is C14H17BrN4O. The number of benzene rings is 1. The van der Waals surface area contributed by atoms with E-state index in [0.717, 1.165) is 15.7 Å². The topological polar surface area (TPSA) is 59.0 Å². The Hall–Kier alpha value is -1.82. The number of hydrogen-bond donors (Lipinski definition) is 2. The van der Waals surface area contributed by atoms with Gasteiger partial charge < -0.3 is 10.6 Å². The molecular weight excluding hydrogens is 320 g/mol. The minimum absolute atomic E-state index is 0.0466. The van der Waals surface area contributed by atoms with Gasteiger partial charge in [-0.1, -0.05) is 28.1 Å². The van der Waals surface area contributed by atoms with Crippen molar-refractivity contribution < 1.29 is 4.79 Å². The molecule has 1 heterocycles. The number of rotatable bonds is 4. The molecule has 0 bridgehead atoms. The van der Waals surface area contributed by atoms with E-state index in [1.165, 1.54) is 0 Å². The van der Waals surface area contributed by atoms with Gasteiger partial charge in [-0.2, -0.15) is 5.10 Å². The highest BCUT2D eigenvalue weighted by Gasteiger charge is 2.09. The molecule has 0 aliphatic rings. The fraction of sp³-hybridized carbons (Fsp3) is 0.286. The average molecular weight is 337 g/mol. The summed E-state index contributed by atoms with van der Waals surface area (Å²) in [7, 11) is 1.85. The fourth-order valence-electron chi connectivity index (χ4n) is 1.83. The van der Waals surface area contributed by atoms with E-state index in [1.54, 1.807) is 10.9 Å². The SMILES string of the molecule is CC(NC(=O)NCc1ccnn1C)c1ccc(Br)cc1. The molecule has 2 N–H and O–H groups in total. The maximum Gasteiger partial charge on any atom is 0.315 e. The zero-order chi connectivity index (χ0) is 14.5. The van der Waals surface area contributed by atoms with Crippen molar-refractivity contribution in [2.75, 3.05) is 0 Å². The highest BCUT2D eigenvalue weighted by molar-refractivity contribution is 9.10. The van der Waals surface area contributed by atoms with E-state index in [1.807, 2.05) is 44.3 Å². The minimum Gasteiger partial charge on any atom is -0.333 e. The highest BCUT2D eigenvalue weighted by atomic mass is 79.9. The molecule has 6 heteroatoms. The van der Waals surface area contributed by atoms with Crippen LogP contribution < -0.4 is 10.6 Å². The first-order valence-electron chi connectivity index (χ1n) is 6.33. The maximum atomic E-state index is 11.8. The molecule has 0 saturated heterocycles. The molecule has 5 nitrogen and oxygen atoms in total. The van der Waals surface area contributed by atoms with E-state index in [-0.39, 0.29) is 12.1 Å². The van der Waals surface area contributed by atoms with Gasteiger partial charge in [0.15, 0.2) is 0 Å². The Labute approximate surface area is 126 Å². The molecule has 0 radical (unpaired) electrons. The molecule has 0 fully saturated rings. The van der Waals surface area contributed by atoms with Crippen molar-refractivity contribution in [1.82, 2.24) is 20.4 Å². The summed E-state index contributed by atoms with van der Waals surface area (Å²) in [5.74, 6) is 0. The molecule has 2 aromatic rings. The molecule has 0 aliphatic heterocycles. The van der Waals surface area contributed by atoms with Crippen LogP contribution in [-0.4, -0.2) is 15.8 Å². The van der Waals surface area contributed by atoms with Crippen LogP contribution >= 0.6 is 15.9 Å². The monoisotopic (exact) mass is 336 g/mol. The standard InChI is InChI=1S/C14H17BrN4O/c1-10(11-3-5-12(15)6-4-11)18-14(20)16-9-13-7-8-17-19(13)2/h3-8,10H,9H2,1-2H3,(H2,16,18,20). The number of aromatic nitrogens is 2. The van der Waals surface area contributed by atoms with Gasteiger partial charge in [0.1, 0.15) is 0 Å². The van der Waals surface area contributed by atoms with Gasteiger partial charge in [0, 0.05) is 17.7 Å². The predicted molar refractivity (Wildman–Crippen MR) is 81.1 cm³/mol. The van der Waals surface area contributed by atoms with Gasteiger partial charge in [-0.3, -0.25) is 4.68 Å². The van der Waals surface area contributed by atoms with Gasteiger partial charge in [0.2, 0.25) is 0 Å². The van der Waals surface area contributed by atoms with E-state index >= 15 is 0 Å². The number of nitrogens with zero attached hydrogens (tertiary/aromatic N) is 2. The largest absolute Gasteiger partial charge is 0.333 e. The number of hydrogen-bond acceptors (Lipinski definition) is 2. The van der Waals surface area contributed by atoms with E-state index in [2.05, 4.69) is 31.7 Å². The van der Waals surface area contributed by atoms with E-state index in [9.17, 15) is 4.79 Å². The zero-order valence-corrected chi connectivity index (χ0v) is 13.0. The molecule has 20 heavy (non-hydrogen) atoms. The lowest BCUT2D eigenvalue weighted by Gasteiger charge is -2.15. The Balaban J connectivity index is 1.85. The van der Waals surface area contributed by atoms with E-state index < -0.39 is 0 Å². The van der Waals surface area contributed by atoms with Crippen LogP contribution in [0.5, 0.6) is 0 Å². The summed E-state index contributed by atoms with van der Waals surface area (Å²) < 4.78 is 2.76. The Kier molecular flexibility index (Phi) is 4.79. The normalized spacial score (nSPS) is 11.9. The van der Waals surface area contributed by atoms with Gasteiger partial charge in [0.05, 0.1) is 18.3 Å². The Bertz CT molecular complexity index is 579. The lowest BCUT2D eigenvalue weighted by Crippen LogP contribution is -2.37. The van der Waals surface area contributed by atoms with Gasteiger partial charge in [-0.25, -0.2) is 4.79 Å². The quantitative estimate of drug-likeness (QED) is 0.901. The number of urea groups is 1. The first-order valence-corrected chi connectivity index (χ1v) is 7.12. The number of carbonyl (C=O) groups excluding carboxylic acids is 1. The third-order valence-corrected chi connectivity index (χ3v) is 3.60. The summed E-state index contributed by atoms with van der Waals surface area (Å²) in [5, 5.41) is 9.77. The van der Waals surface area contributed by atoms with Crippen LogP contribution in [0.25, 0.3) is 0 Å². The molecule has 1 unspecified atom stereocenters. The van der Waals surface area contributed by atoms with Crippen molar-refractivity contribution in [2.24, 2.45) is 7.05 Å². The number of nitrogens with one attached hydrogen (secondary N) is 2. The lowest BCUT2D eigenvalue weighted by molar-refractivity contribution is 0.237. The van der Waals surface area contributed by atoms with E-state index in [0.29, 0.717) is 6.54 Å². The highest BCUT2D eigenvalue weighted by Crippen LogP contribution is 2.16. The summed E-state index contributed by atoms with van der Waals surface area (Å²) >= 11 is 3.39.